The molecule has 2 heterocycles. The zero-order chi connectivity index (χ0) is 12.3. The van der Waals surface area contributed by atoms with Gasteiger partial charge in [-0.05, 0) is 26.3 Å². The van der Waals surface area contributed by atoms with Gasteiger partial charge in [-0.3, -0.25) is 10.1 Å². The third-order valence-corrected chi connectivity index (χ3v) is 2.79. The molecular weight excluding hydrogens is 222 g/mol. The Hall–Kier alpha value is -1.69. The predicted molar refractivity (Wildman–Crippen MR) is 62.1 cm³/mol. The molecule has 6 nitrogen and oxygen atoms in total. The summed E-state index contributed by atoms with van der Waals surface area (Å²) in [7, 11) is 0. The van der Waals surface area contributed by atoms with Crippen molar-refractivity contribution >= 4 is 5.69 Å². The van der Waals surface area contributed by atoms with Crippen molar-refractivity contribution in [2.75, 3.05) is 13.1 Å². The fourth-order valence-electron chi connectivity index (χ4n) is 1.85. The minimum absolute atomic E-state index is 0.0542. The summed E-state index contributed by atoms with van der Waals surface area (Å²) in [5, 5.41) is 14.0. The quantitative estimate of drug-likeness (QED) is 0.635. The van der Waals surface area contributed by atoms with Crippen molar-refractivity contribution in [2.45, 2.75) is 25.9 Å². The molecule has 0 saturated carbocycles. The zero-order valence-corrected chi connectivity index (χ0v) is 9.68. The van der Waals surface area contributed by atoms with Crippen LogP contribution in [-0.4, -0.2) is 29.1 Å². The van der Waals surface area contributed by atoms with Gasteiger partial charge in [0.05, 0.1) is 11.0 Å². The minimum atomic E-state index is -0.414. The van der Waals surface area contributed by atoms with Crippen molar-refractivity contribution in [3.05, 3.63) is 27.9 Å². The third kappa shape index (κ3) is 2.91. The highest BCUT2D eigenvalue weighted by atomic mass is 16.6. The van der Waals surface area contributed by atoms with Crippen molar-refractivity contribution in [1.29, 1.82) is 0 Å². The van der Waals surface area contributed by atoms with Gasteiger partial charge in [0, 0.05) is 18.3 Å². The van der Waals surface area contributed by atoms with Crippen molar-refractivity contribution in [2.24, 2.45) is 0 Å². The van der Waals surface area contributed by atoms with E-state index in [2.05, 4.69) is 10.3 Å². The molecule has 1 saturated heterocycles. The zero-order valence-electron chi connectivity index (χ0n) is 9.68. The number of ether oxygens (including phenoxy) is 1. The van der Waals surface area contributed by atoms with Gasteiger partial charge >= 0.3 is 0 Å². The van der Waals surface area contributed by atoms with Crippen LogP contribution in [0.2, 0.25) is 0 Å². The van der Waals surface area contributed by atoms with E-state index in [9.17, 15) is 10.1 Å². The molecule has 0 radical (unpaired) electrons. The number of hydrogen-bond acceptors (Lipinski definition) is 5. The molecule has 0 bridgehead atoms. The Labute approximate surface area is 99.2 Å². The van der Waals surface area contributed by atoms with Gasteiger partial charge in [0.2, 0.25) is 5.88 Å². The summed E-state index contributed by atoms with van der Waals surface area (Å²) < 4.78 is 5.62. The molecule has 6 heteroatoms. The Morgan fingerprint density at radius 3 is 3.12 bits per heavy atom. The average Bonchev–Trinajstić information content (AvgIpc) is 2.32. The molecule has 1 fully saturated rings. The molecule has 1 N–H and O–H groups in total. The van der Waals surface area contributed by atoms with Crippen LogP contribution in [0.1, 0.15) is 18.4 Å². The number of hydrogen-bond donors (Lipinski definition) is 1. The summed E-state index contributed by atoms with van der Waals surface area (Å²) in [6, 6.07) is 1.39. The van der Waals surface area contributed by atoms with Crippen LogP contribution in [0.5, 0.6) is 5.88 Å². The van der Waals surface area contributed by atoms with E-state index in [1.54, 1.807) is 6.92 Å². The van der Waals surface area contributed by atoms with E-state index in [1.807, 2.05) is 0 Å². The highest BCUT2D eigenvalue weighted by Gasteiger charge is 2.18. The van der Waals surface area contributed by atoms with Crippen LogP contribution in [0.3, 0.4) is 0 Å². The normalized spacial score (nSPS) is 19.9. The van der Waals surface area contributed by atoms with Crippen LogP contribution >= 0.6 is 0 Å². The Morgan fingerprint density at radius 1 is 1.65 bits per heavy atom. The van der Waals surface area contributed by atoms with E-state index in [-0.39, 0.29) is 11.8 Å². The third-order valence-electron chi connectivity index (χ3n) is 2.79. The molecule has 0 aromatic carbocycles. The molecule has 2 rings (SSSR count). The first-order chi connectivity index (χ1) is 8.16. The van der Waals surface area contributed by atoms with E-state index in [1.165, 1.54) is 12.3 Å². The van der Waals surface area contributed by atoms with Gasteiger partial charge in [0.15, 0.2) is 0 Å². The number of rotatable bonds is 3. The number of aryl methyl sites for hydroxylation is 1. The minimum Gasteiger partial charge on any atom is -0.473 e. The second-order valence-electron chi connectivity index (χ2n) is 4.15. The van der Waals surface area contributed by atoms with Gasteiger partial charge in [0.1, 0.15) is 6.10 Å². The maximum absolute atomic E-state index is 10.8. The lowest BCUT2D eigenvalue weighted by Crippen LogP contribution is -2.37. The fourth-order valence-corrected chi connectivity index (χ4v) is 1.85. The first-order valence-corrected chi connectivity index (χ1v) is 5.65. The van der Waals surface area contributed by atoms with Gasteiger partial charge in [-0.15, -0.1) is 0 Å². The van der Waals surface area contributed by atoms with Gasteiger partial charge in [-0.25, -0.2) is 4.98 Å². The topological polar surface area (TPSA) is 77.3 Å². The summed E-state index contributed by atoms with van der Waals surface area (Å²) in [6.07, 6.45) is 3.54. The van der Waals surface area contributed by atoms with Crippen molar-refractivity contribution < 1.29 is 9.66 Å². The maximum atomic E-state index is 10.8. The van der Waals surface area contributed by atoms with E-state index < -0.39 is 4.92 Å². The van der Waals surface area contributed by atoms with Gasteiger partial charge < -0.3 is 10.1 Å². The molecule has 1 aliphatic heterocycles. The van der Waals surface area contributed by atoms with E-state index in [0.29, 0.717) is 11.4 Å². The van der Waals surface area contributed by atoms with Crippen LogP contribution < -0.4 is 10.1 Å². The van der Waals surface area contributed by atoms with Crippen LogP contribution in [0.4, 0.5) is 5.69 Å². The van der Waals surface area contributed by atoms with Crippen LogP contribution in [-0.2, 0) is 0 Å². The number of piperidine rings is 1. The SMILES string of the molecule is Cc1cnc(OC2CCCNC2)cc1[N+](=O)[O-]. The fraction of sp³-hybridized carbons (Fsp3) is 0.545. The molecule has 1 aliphatic rings. The summed E-state index contributed by atoms with van der Waals surface area (Å²) >= 11 is 0. The molecule has 1 atom stereocenters. The van der Waals surface area contributed by atoms with Crippen molar-refractivity contribution in [3.63, 3.8) is 0 Å². The second kappa shape index (κ2) is 5.09. The molecule has 0 aliphatic carbocycles. The standard InChI is InChI=1S/C11H15N3O3/c1-8-6-13-11(5-10(8)14(15)16)17-9-3-2-4-12-7-9/h5-6,9,12H,2-4,7H2,1H3. The molecular formula is C11H15N3O3. The number of nitrogens with zero attached hydrogens (tertiary/aromatic N) is 2. The lowest BCUT2D eigenvalue weighted by molar-refractivity contribution is -0.385. The maximum Gasteiger partial charge on any atom is 0.279 e. The lowest BCUT2D eigenvalue weighted by atomic mass is 10.1. The molecule has 17 heavy (non-hydrogen) atoms. The lowest BCUT2D eigenvalue weighted by Gasteiger charge is -2.23. The van der Waals surface area contributed by atoms with Gasteiger partial charge in [-0.2, -0.15) is 0 Å². The van der Waals surface area contributed by atoms with Gasteiger partial charge in [0.25, 0.3) is 5.69 Å². The molecule has 92 valence electrons. The Morgan fingerprint density at radius 2 is 2.47 bits per heavy atom. The number of pyridine rings is 1. The Bertz CT molecular complexity index is 416. The summed E-state index contributed by atoms with van der Waals surface area (Å²) in [6.45, 7) is 3.43. The summed E-state index contributed by atoms with van der Waals surface area (Å²) in [4.78, 5) is 14.4. The van der Waals surface area contributed by atoms with E-state index in [0.717, 1.165) is 25.9 Å². The van der Waals surface area contributed by atoms with Crippen LogP contribution in [0.15, 0.2) is 12.3 Å². The van der Waals surface area contributed by atoms with Crippen molar-refractivity contribution in [3.8, 4) is 5.88 Å². The first-order valence-electron chi connectivity index (χ1n) is 5.65. The highest BCUT2D eigenvalue weighted by molar-refractivity contribution is 5.40. The Kier molecular flexibility index (Phi) is 3.53. The largest absolute Gasteiger partial charge is 0.473 e. The second-order valence-corrected chi connectivity index (χ2v) is 4.15. The summed E-state index contributed by atoms with van der Waals surface area (Å²) in [5.74, 6) is 0.330. The van der Waals surface area contributed by atoms with Gasteiger partial charge in [-0.1, -0.05) is 0 Å². The predicted octanol–water partition coefficient (Wildman–Crippen LogP) is 1.43. The smallest absolute Gasteiger partial charge is 0.279 e. The highest BCUT2D eigenvalue weighted by Crippen LogP contribution is 2.22. The number of aromatic nitrogens is 1. The van der Waals surface area contributed by atoms with E-state index >= 15 is 0 Å². The Balaban J connectivity index is 2.10. The number of nitrogens with one attached hydrogen (secondary N) is 1. The molecule has 1 unspecified atom stereocenters. The number of nitro groups is 1. The average molecular weight is 237 g/mol. The monoisotopic (exact) mass is 237 g/mol. The summed E-state index contributed by atoms with van der Waals surface area (Å²) in [5.41, 5.74) is 0.600. The first kappa shape index (κ1) is 11.8. The van der Waals surface area contributed by atoms with E-state index in [4.69, 9.17) is 4.74 Å². The molecule has 1 aromatic rings. The van der Waals surface area contributed by atoms with Crippen molar-refractivity contribution in [1.82, 2.24) is 10.3 Å². The molecule has 1 aromatic heterocycles. The molecule has 0 amide bonds. The van der Waals surface area contributed by atoms with Crippen LogP contribution in [0.25, 0.3) is 0 Å². The van der Waals surface area contributed by atoms with Crippen LogP contribution in [0, 0.1) is 17.0 Å². The molecule has 0 spiro atoms.